The molecule has 0 bridgehead atoms. The van der Waals surface area contributed by atoms with E-state index in [0.717, 1.165) is 23.4 Å². The zero-order valence-corrected chi connectivity index (χ0v) is 13.8. The molecule has 1 aromatic carbocycles. The second kappa shape index (κ2) is 6.47. The zero-order chi connectivity index (χ0) is 15.5. The predicted octanol–water partition coefficient (Wildman–Crippen LogP) is 4.26. The molecule has 1 N–H and O–H groups in total. The Kier molecular flexibility index (Phi) is 4.41. The molecular formula is C17H16N2OS2. The molecule has 3 rings (SSSR count). The van der Waals surface area contributed by atoms with Gasteiger partial charge in [0.2, 0.25) is 0 Å². The van der Waals surface area contributed by atoms with Crippen LogP contribution in [0.2, 0.25) is 0 Å². The minimum Gasteiger partial charge on any atom is -0.467 e. The quantitative estimate of drug-likeness (QED) is 0.855. The fraction of sp³-hybridized carbons (Fsp3) is 0.294. The smallest absolute Gasteiger partial charge is 0.261 e. The van der Waals surface area contributed by atoms with E-state index in [1.807, 2.05) is 30.5 Å². The topological polar surface area (TPSA) is 45.0 Å². The first-order valence-corrected chi connectivity index (χ1v) is 8.47. The lowest BCUT2D eigenvalue weighted by Gasteiger charge is -2.11. The van der Waals surface area contributed by atoms with E-state index in [9.17, 15) is 5.26 Å². The van der Waals surface area contributed by atoms with Crippen molar-refractivity contribution in [2.24, 2.45) is 0 Å². The SMILES string of the molecule is CC1Cc2cc(CC(C#N)c3cccs3)ccc2NC(=S)O1. The molecule has 2 heterocycles. The van der Waals surface area contributed by atoms with Crippen molar-refractivity contribution in [3.63, 3.8) is 0 Å². The Labute approximate surface area is 139 Å². The van der Waals surface area contributed by atoms with E-state index in [2.05, 4.69) is 23.5 Å². The van der Waals surface area contributed by atoms with Crippen LogP contribution in [-0.2, 0) is 17.6 Å². The van der Waals surface area contributed by atoms with Crippen molar-refractivity contribution >= 4 is 34.4 Å². The Morgan fingerprint density at radius 2 is 2.36 bits per heavy atom. The average Bonchev–Trinajstić information content (AvgIpc) is 2.96. The van der Waals surface area contributed by atoms with Crippen LogP contribution in [0.1, 0.15) is 28.8 Å². The number of hydrogen-bond donors (Lipinski definition) is 1. The molecular weight excluding hydrogens is 312 g/mol. The van der Waals surface area contributed by atoms with E-state index in [1.165, 1.54) is 11.1 Å². The molecule has 1 aromatic heterocycles. The third kappa shape index (κ3) is 3.29. The molecule has 0 spiro atoms. The van der Waals surface area contributed by atoms with Gasteiger partial charge in [-0.3, -0.25) is 0 Å². The molecule has 112 valence electrons. The summed E-state index contributed by atoms with van der Waals surface area (Å²) < 4.78 is 5.56. The van der Waals surface area contributed by atoms with Crippen LogP contribution in [0.25, 0.3) is 0 Å². The Morgan fingerprint density at radius 3 is 3.09 bits per heavy atom. The van der Waals surface area contributed by atoms with E-state index in [1.54, 1.807) is 11.3 Å². The fourth-order valence-electron chi connectivity index (χ4n) is 2.67. The number of hydrogen-bond acceptors (Lipinski definition) is 4. The second-order valence-corrected chi connectivity index (χ2v) is 6.79. The third-order valence-electron chi connectivity index (χ3n) is 3.70. The van der Waals surface area contributed by atoms with E-state index in [4.69, 9.17) is 17.0 Å². The Bertz CT molecular complexity index is 719. The number of nitrogens with zero attached hydrogens (tertiary/aromatic N) is 1. The van der Waals surface area contributed by atoms with Gasteiger partial charge in [0, 0.05) is 17.0 Å². The number of nitriles is 1. The van der Waals surface area contributed by atoms with Crippen molar-refractivity contribution in [3.8, 4) is 6.07 Å². The van der Waals surface area contributed by atoms with Crippen LogP contribution < -0.4 is 5.32 Å². The summed E-state index contributed by atoms with van der Waals surface area (Å²) in [5.74, 6) is -0.0912. The lowest BCUT2D eigenvalue weighted by molar-refractivity contribution is 0.217. The van der Waals surface area contributed by atoms with Gasteiger partial charge in [0.25, 0.3) is 5.17 Å². The monoisotopic (exact) mass is 328 g/mol. The van der Waals surface area contributed by atoms with E-state index >= 15 is 0 Å². The lowest BCUT2D eigenvalue weighted by atomic mass is 9.95. The molecule has 1 aliphatic heterocycles. The molecule has 0 amide bonds. The second-order valence-electron chi connectivity index (χ2n) is 5.44. The van der Waals surface area contributed by atoms with Gasteiger partial charge in [-0.1, -0.05) is 18.2 Å². The fourth-order valence-corrected chi connectivity index (χ4v) is 3.72. The summed E-state index contributed by atoms with van der Waals surface area (Å²) in [5, 5.41) is 15.0. The summed E-state index contributed by atoms with van der Waals surface area (Å²) in [5.41, 5.74) is 3.36. The van der Waals surface area contributed by atoms with Crippen molar-refractivity contribution in [1.82, 2.24) is 0 Å². The van der Waals surface area contributed by atoms with Crippen molar-refractivity contribution in [1.29, 1.82) is 5.26 Å². The number of benzene rings is 1. The van der Waals surface area contributed by atoms with Crippen LogP contribution in [0, 0.1) is 11.3 Å². The van der Waals surface area contributed by atoms with Crippen LogP contribution >= 0.6 is 23.6 Å². The van der Waals surface area contributed by atoms with Gasteiger partial charge in [0.15, 0.2) is 0 Å². The van der Waals surface area contributed by atoms with Crippen LogP contribution in [0.3, 0.4) is 0 Å². The van der Waals surface area contributed by atoms with Crippen LogP contribution in [-0.4, -0.2) is 11.3 Å². The molecule has 0 saturated heterocycles. The number of nitrogens with one attached hydrogen (secondary N) is 1. The average molecular weight is 328 g/mol. The summed E-state index contributed by atoms with van der Waals surface area (Å²) in [6, 6.07) is 12.7. The first-order valence-electron chi connectivity index (χ1n) is 7.18. The maximum Gasteiger partial charge on any atom is 0.261 e. The predicted molar refractivity (Wildman–Crippen MR) is 93.3 cm³/mol. The highest BCUT2D eigenvalue weighted by Crippen LogP contribution is 2.28. The minimum atomic E-state index is -0.0912. The largest absolute Gasteiger partial charge is 0.467 e. The number of rotatable bonds is 3. The van der Waals surface area contributed by atoms with Crippen molar-refractivity contribution < 1.29 is 4.74 Å². The summed E-state index contributed by atoms with van der Waals surface area (Å²) in [4.78, 5) is 1.12. The number of anilines is 1. The van der Waals surface area contributed by atoms with Crippen LogP contribution in [0.15, 0.2) is 35.7 Å². The van der Waals surface area contributed by atoms with E-state index in [0.29, 0.717) is 5.17 Å². The first kappa shape index (κ1) is 15.0. The Hall–Kier alpha value is -1.90. The molecule has 2 aromatic rings. The van der Waals surface area contributed by atoms with Gasteiger partial charge in [-0.15, -0.1) is 11.3 Å². The summed E-state index contributed by atoms with van der Waals surface area (Å²) in [7, 11) is 0. The molecule has 0 aliphatic carbocycles. The molecule has 5 heteroatoms. The van der Waals surface area contributed by atoms with Crippen LogP contribution in [0.5, 0.6) is 0 Å². The number of thiocarbonyl (C=S) groups is 1. The lowest BCUT2D eigenvalue weighted by Crippen LogP contribution is -2.16. The van der Waals surface area contributed by atoms with Crippen molar-refractivity contribution in [2.75, 3.05) is 5.32 Å². The van der Waals surface area contributed by atoms with Crippen LogP contribution in [0.4, 0.5) is 5.69 Å². The van der Waals surface area contributed by atoms with Gasteiger partial charge < -0.3 is 10.1 Å². The molecule has 2 unspecified atom stereocenters. The minimum absolute atomic E-state index is 0.0561. The summed E-state index contributed by atoms with van der Waals surface area (Å²) in [6.07, 6.45) is 1.59. The van der Waals surface area contributed by atoms with Gasteiger partial charge in [-0.05, 0) is 54.2 Å². The van der Waals surface area contributed by atoms with Gasteiger partial charge in [0.05, 0.1) is 12.0 Å². The van der Waals surface area contributed by atoms with E-state index < -0.39 is 0 Å². The Morgan fingerprint density at radius 1 is 1.50 bits per heavy atom. The third-order valence-corrected chi connectivity index (χ3v) is 4.89. The normalized spacial score (nSPS) is 18.4. The standard InChI is InChI=1S/C17H16N2OS2/c1-11-7-13-8-12(4-5-15(13)19-17(21)20-11)9-14(10-18)16-3-2-6-22-16/h2-6,8,11,14H,7,9H2,1H3,(H,19,21). The zero-order valence-electron chi connectivity index (χ0n) is 12.2. The summed E-state index contributed by atoms with van der Waals surface area (Å²) >= 11 is 6.78. The maximum atomic E-state index is 9.43. The van der Waals surface area contributed by atoms with E-state index in [-0.39, 0.29) is 12.0 Å². The van der Waals surface area contributed by atoms with Gasteiger partial charge in [-0.25, -0.2) is 0 Å². The molecule has 0 fully saturated rings. The van der Waals surface area contributed by atoms with Crippen molar-refractivity contribution in [3.05, 3.63) is 51.7 Å². The summed E-state index contributed by atoms with van der Waals surface area (Å²) in [6.45, 7) is 2.01. The molecule has 0 radical (unpaired) electrons. The van der Waals surface area contributed by atoms with Gasteiger partial charge in [0.1, 0.15) is 6.10 Å². The molecule has 1 aliphatic rings. The first-order chi connectivity index (χ1) is 10.7. The Balaban J connectivity index is 1.84. The van der Waals surface area contributed by atoms with Gasteiger partial charge >= 0.3 is 0 Å². The molecule has 2 atom stereocenters. The number of ether oxygens (including phenoxy) is 1. The number of thiophene rings is 1. The maximum absolute atomic E-state index is 9.43. The highest BCUT2D eigenvalue weighted by Gasteiger charge is 2.18. The van der Waals surface area contributed by atoms with Crippen molar-refractivity contribution in [2.45, 2.75) is 31.8 Å². The van der Waals surface area contributed by atoms with Gasteiger partial charge in [-0.2, -0.15) is 5.26 Å². The number of fused-ring (bicyclic) bond motifs is 1. The molecule has 0 saturated carbocycles. The highest BCUT2D eigenvalue weighted by atomic mass is 32.1. The molecule has 22 heavy (non-hydrogen) atoms. The molecule has 3 nitrogen and oxygen atoms in total. The highest BCUT2D eigenvalue weighted by molar-refractivity contribution is 7.80.